The maximum Gasteiger partial charge on any atom is 0.407 e. The Hall–Kier alpha value is -1.62. The molecule has 0 bridgehead atoms. The van der Waals surface area contributed by atoms with Crippen molar-refractivity contribution in [2.24, 2.45) is 0 Å². The van der Waals surface area contributed by atoms with Gasteiger partial charge in [-0.25, -0.2) is 4.79 Å². The fraction of sp³-hybridized carbons (Fsp3) is 0.647. The highest BCUT2D eigenvalue weighted by Crippen LogP contribution is 2.19. The molecule has 0 saturated heterocycles. The molecule has 0 radical (unpaired) electrons. The Labute approximate surface area is 132 Å². The maximum atomic E-state index is 11.8. The lowest BCUT2D eigenvalue weighted by Crippen LogP contribution is -2.43. The molecule has 22 heavy (non-hydrogen) atoms. The molecule has 1 aliphatic rings. The molecule has 2 rings (SSSR count). The van der Waals surface area contributed by atoms with Gasteiger partial charge in [-0.1, -0.05) is 6.07 Å². The molecular formula is C17H27N3O2. The molecule has 2 N–H and O–H groups in total. The van der Waals surface area contributed by atoms with E-state index in [1.165, 1.54) is 0 Å². The molecule has 1 aromatic heterocycles. The Balaban J connectivity index is 1.66. The molecule has 0 aliphatic heterocycles. The van der Waals surface area contributed by atoms with Gasteiger partial charge in [0.05, 0.1) is 5.69 Å². The van der Waals surface area contributed by atoms with E-state index in [2.05, 4.69) is 15.6 Å². The maximum absolute atomic E-state index is 11.8. The Bertz CT molecular complexity index is 463. The van der Waals surface area contributed by atoms with Crippen LogP contribution in [-0.4, -0.2) is 28.8 Å². The van der Waals surface area contributed by atoms with E-state index in [9.17, 15) is 4.79 Å². The molecule has 122 valence electrons. The molecular weight excluding hydrogens is 278 g/mol. The summed E-state index contributed by atoms with van der Waals surface area (Å²) in [5, 5.41) is 6.51. The second kappa shape index (κ2) is 7.58. The summed E-state index contributed by atoms with van der Waals surface area (Å²) in [5.74, 6) is 0. The lowest BCUT2D eigenvalue weighted by Gasteiger charge is -2.30. The van der Waals surface area contributed by atoms with E-state index in [1.54, 1.807) is 0 Å². The van der Waals surface area contributed by atoms with Crippen molar-refractivity contribution >= 4 is 6.09 Å². The number of alkyl carbamates (subject to hydrolysis) is 1. The number of carbonyl (C=O) groups is 1. The quantitative estimate of drug-likeness (QED) is 0.897. The third kappa shape index (κ3) is 6.02. The fourth-order valence-electron chi connectivity index (χ4n) is 2.67. The molecule has 5 nitrogen and oxygen atoms in total. The first-order chi connectivity index (χ1) is 10.4. The molecule has 1 aliphatic carbocycles. The Morgan fingerprint density at radius 1 is 1.23 bits per heavy atom. The van der Waals surface area contributed by atoms with Gasteiger partial charge >= 0.3 is 6.09 Å². The van der Waals surface area contributed by atoms with Gasteiger partial charge in [-0.15, -0.1) is 0 Å². The lowest BCUT2D eigenvalue weighted by molar-refractivity contribution is 0.0489. The smallest absolute Gasteiger partial charge is 0.407 e. The average molecular weight is 305 g/mol. The monoisotopic (exact) mass is 305 g/mol. The van der Waals surface area contributed by atoms with Gasteiger partial charge in [0, 0.05) is 24.8 Å². The van der Waals surface area contributed by atoms with E-state index in [-0.39, 0.29) is 12.1 Å². The number of aromatic nitrogens is 1. The van der Waals surface area contributed by atoms with Crippen LogP contribution in [0.2, 0.25) is 0 Å². The highest BCUT2D eigenvalue weighted by molar-refractivity contribution is 5.68. The number of pyridine rings is 1. The van der Waals surface area contributed by atoms with E-state index in [0.29, 0.717) is 6.04 Å². The molecule has 0 unspecified atom stereocenters. The number of nitrogens with one attached hydrogen (secondary N) is 2. The van der Waals surface area contributed by atoms with E-state index in [0.717, 1.165) is 37.9 Å². The highest BCUT2D eigenvalue weighted by atomic mass is 16.6. The van der Waals surface area contributed by atoms with Gasteiger partial charge < -0.3 is 15.4 Å². The van der Waals surface area contributed by atoms with E-state index < -0.39 is 5.60 Å². The van der Waals surface area contributed by atoms with Crippen molar-refractivity contribution in [1.82, 2.24) is 15.6 Å². The van der Waals surface area contributed by atoms with Gasteiger partial charge in [0.1, 0.15) is 5.60 Å². The van der Waals surface area contributed by atoms with Crippen LogP contribution < -0.4 is 10.6 Å². The van der Waals surface area contributed by atoms with E-state index in [4.69, 9.17) is 4.74 Å². The van der Waals surface area contributed by atoms with Gasteiger partial charge in [-0.3, -0.25) is 4.98 Å². The summed E-state index contributed by atoms with van der Waals surface area (Å²) in [6.07, 6.45) is 5.61. The van der Waals surface area contributed by atoms with Gasteiger partial charge in [0.25, 0.3) is 0 Å². The van der Waals surface area contributed by atoms with Crippen molar-refractivity contribution in [2.45, 2.75) is 70.7 Å². The molecule has 0 atom stereocenters. The van der Waals surface area contributed by atoms with Crippen molar-refractivity contribution in [1.29, 1.82) is 0 Å². The van der Waals surface area contributed by atoms with Gasteiger partial charge in [0.15, 0.2) is 0 Å². The zero-order valence-corrected chi connectivity index (χ0v) is 13.8. The molecule has 1 fully saturated rings. The van der Waals surface area contributed by atoms with Crippen molar-refractivity contribution in [3.63, 3.8) is 0 Å². The Kier molecular flexibility index (Phi) is 5.77. The topological polar surface area (TPSA) is 63.2 Å². The zero-order chi connectivity index (χ0) is 16.0. The van der Waals surface area contributed by atoms with Crippen LogP contribution in [0.5, 0.6) is 0 Å². The number of carbonyl (C=O) groups excluding carboxylic acids is 1. The van der Waals surface area contributed by atoms with Crippen LogP contribution in [0.1, 0.15) is 52.1 Å². The minimum Gasteiger partial charge on any atom is -0.444 e. The second-order valence-electron chi connectivity index (χ2n) is 6.90. The molecule has 5 heteroatoms. The van der Waals surface area contributed by atoms with Crippen molar-refractivity contribution in [2.75, 3.05) is 0 Å². The summed E-state index contributed by atoms with van der Waals surface area (Å²) >= 11 is 0. The number of rotatable bonds is 4. The van der Waals surface area contributed by atoms with Crippen LogP contribution in [0.3, 0.4) is 0 Å². The van der Waals surface area contributed by atoms with Crippen LogP contribution in [0.25, 0.3) is 0 Å². The summed E-state index contributed by atoms with van der Waals surface area (Å²) in [6.45, 7) is 6.44. The molecule has 1 amide bonds. The van der Waals surface area contributed by atoms with Gasteiger partial charge in [0.2, 0.25) is 0 Å². The SMILES string of the molecule is CC(C)(C)OC(=O)NC1CCC(NCc2ccccn2)CC1. The van der Waals surface area contributed by atoms with Crippen LogP contribution in [0.15, 0.2) is 24.4 Å². The first kappa shape index (κ1) is 16.7. The first-order valence-electron chi connectivity index (χ1n) is 8.05. The number of hydrogen-bond donors (Lipinski definition) is 2. The fourth-order valence-corrected chi connectivity index (χ4v) is 2.67. The minimum atomic E-state index is -0.439. The van der Waals surface area contributed by atoms with Crippen LogP contribution in [0, 0.1) is 0 Å². The normalized spacial score (nSPS) is 22.1. The van der Waals surface area contributed by atoms with Gasteiger partial charge in [-0.2, -0.15) is 0 Å². The number of amides is 1. The van der Waals surface area contributed by atoms with Crippen molar-refractivity contribution in [3.05, 3.63) is 30.1 Å². The number of nitrogens with zero attached hydrogens (tertiary/aromatic N) is 1. The van der Waals surface area contributed by atoms with Crippen molar-refractivity contribution < 1.29 is 9.53 Å². The Morgan fingerprint density at radius 2 is 1.91 bits per heavy atom. The molecule has 1 heterocycles. The van der Waals surface area contributed by atoms with Crippen LogP contribution in [-0.2, 0) is 11.3 Å². The largest absolute Gasteiger partial charge is 0.444 e. The standard InChI is InChI=1S/C17H27N3O2/c1-17(2,3)22-16(21)20-14-9-7-13(8-10-14)19-12-15-6-4-5-11-18-15/h4-6,11,13-14,19H,7-10,12H2,1-3H3,(H,20,21). The average Bonchev–Trinajstić information content (AvgIpc) is 2.45. The summed E-state index contributed by atoms with van der Waals surface area (Å²) < 4.78 is 5.30. The summed E-state index contributed by atoms with van der Waals surface area (Å²) in [7, 11) is 0. The molecule has 1 saturated carbocycles. The molecule has 1 aromatic rings. The van der Waals surface area contributed by atoms with E-state index in [1.807, 2.05) is 45.2 Å². The first-order valence-corrected chi connectivity index (χ1v) is 8.05. The number of ether oxygens (including phenoxy) is 1. The molecule has 0 spiro atoms. The third-order valence-electron chi connectivity index (χ3n) is 3.75. The predicted octanol–water partition coefficient (Wildman–Crippen LogP) is 3.01. The zero-order valence-electron chi connectivity index (χ0n) is 13.8. The Morgan fingerprint density at radius 3 is 2.50 bits per heavy atom. The second-order valence-corrected chi connectivity index (χ2v) is 6.90. The van der Waals surface area contributed by atoms with Gasteiger partial charge in [-0.05, 0) is 58.6 Å². The van der Waals surface area contributed by atoms with Crippen LogP contribution >= 0.6 is 0 Å². The minimum absolute atomic E-state index is 0.225. The predicted molar refractivity (Wildman–Crippen MR) is 86.5 cm³/mol. The summed E-state index contributed by atoms with van der Waals surface area (Å²) in [4.78, 5) is 16.1. The van der Waals surface area contributed by atoms with Crippen molar-refractivity contribution in [3.8, 4) is 0 Å². The molecule has 0 aromatic carbocycles. The summed E-state index contributed by atoms with van der Waals surface area (Å²) in [6, 6.07) is 6.69. The summed E-state index contributed by atoms with van der Waals surface area (Å²) in [5.41, 5.74) is 0.627. The third-order valence-corrected chi connectivity index (χ3v) is 3.75. The highest BCUT2D eigenvalue weighted by Gasteiger charge is 2.24. The number of hydrogen-bond acceptors (Lipinski definition) is 4. The van der Waals surface area contributed by atoms with Crippen LogP contribution in [0.4, 0.5) is 4.79 Å². The lowest BCUT2D eigenvalue weighted by atomic mass is 9.91. The van der Waals surface area contributed by atoms with E-state index >= 15 is 0 Å².